The number of hydrogen-bond donors (Lipinski definition) is 1. The van der Waals surface area contributed by atoms with E-state index in [1.165, 1.54) is 6.20 Å². The molecule has 0 saturated heterocycles. The molecular weight excluding hydrogens is 328 g/mol. The second-order valence-electron chi connectivity index (χ2n) is 4.00. The Morgan fingerprint density at radius 3 is 2.58 bits per heavy atom. The Kier molecular flexibility index (Phi) is 2.91. The number of benzene rings is 1. The summed E-state index contributed by atoms with van der Waals surface area (Å²) in [6, 6.07) is 10.1. The van der Waals surface area contributed by atoms with E-state index in [9.17, 15) is 8.42 Å². The molecule has 0 aliphatic rings. The van der Waals surface area contributed by atoms with E-state index >= 15 is 0 Å². The molecule has 0 atom stereocenters. The number of halogens is 1. The van der Waals surface area contributed by atoms with Gasteiger partial charge in [0.05, 0.1) is 10.4 Å². The molecule has 2 aromatic heterocycles. The average molecular weight is 337 g/mol. The number of aromatic amines is 1. The van der Waals surface area contributed by atoms with Crippen LogP contribution in [0.25, 0.3) is 10.9 Å². The molecule has 3 aromatic rings. The first-order valence-corrected chi connectivity index (χ1v) is 7.80. The molecule has 0 unspecified atom stereocenters. The zero-order chi connectivity index (χ0) is 13.5. The number of rotatable bonds is 2. The third kappa shape index (κ3) is 1.97. The van der Waals surface area contributed by atoms with Gasteiger partial charge < -0.3 is 4.98 Å². The van der Waals surface area contributed by atoms with Crippen LogP contribution in [0.1, 0.15) is 0 Å². The largest absolute Gasteiger partial charge is 0.360 e. The van der Waals surface area contributed by atoms with Crippen molar-refractivity contribution in [1.82, 2.24) is 9.97 Å². The van der Waals surface area contributed by atoms with Gasteiger partial charge in [-0.2, -0.15) is 0 Å². The molecular formula is C13H9BrN2O2S. The number of nitrogens with zero attached hydrogens (tertiary/aromatic N) is 1. The van der Waals surface area contributed by atoms with Gasteiger partial charge in [0.25, 0.3) is 0 Å². The molecule has 0 amide bonds. The van der Waals surface area contributed by atoms with Crippen LogP contribution in [0.3, 0.4) is 0 Å². The zero-order valence-corrected chi connectivity index (χ0v) is 12.1. The highest BCUT2D eigenvalue weighted by molar-refractivity contribution is 9.10. The minimum Gasteiger partial charge on any atom is -0.360 e. The van der Waals surface area contributed by atoms with Crippen molar-refractivity contribution in [3.05, 3.63) is 53.4 Å². The van der Waals surface area contributed by atoms with Crippen molar-refractivity contribution < 1.29 is 8.42 Å². The summed E-state index contributed by atoms with van der Waals surface area (Å²) >= 11 is 3.31. The lowest BCUT2D eigenvalue weighted by atomic mass is 10.3. The summed E-state index contributed by atoms with van der Waals surface area (Å²) in [5, 5.41) is 0.747. The Balaban J connectivity index is 2.31. The van der Waals surface area contributed by atoms with Crippen LogP contribution < -0.4 is 0 Å². The SMILES string of the molecule is O=S(=O)(c1ccccc1)c1cnc(Br)c2cc[nH]c12. The molecule has 1 N–H and O–H groups in total. The number of sulfone groups is 1. The van der Waals surface area contributed by atoms with Gasteiger partial charge in [-0.25, -0.2) is 13.4 Å². The average Bonchev–Trinajstić information content (AvgIpc) is 2.90. The van der Waals surface area contributed by atoms with Gasteiger partial charge in [0.2, 0.25) is 9.84 Å². The molecule has 3 rings (SSSR count). The fourth-order valence-corrected chi connectivity index (χ4v) is 3.76. The molecule has 0 bridgehead atoms. The Morgan fingerprint density at radius 2 is 1.84 bits per heavy atom. The second-order valence-corrected chi connectivity index (χ2v) is 6.67. The van der Waals surface area contributed by atoms with Crippen LogP contribution in [0, 0.1) is 0 Å². The number of pyridine rings is 1. The van der Waals surface area contributed by atoms with Crippen LogP contribution in [0.15, 0.2) is 63.2 Å². The molecule has 4 nitrogen and oxygen atoms in total. The monoisotopic (exact) mass is 336 g/mol. The van der Waals surface area contributed by atoms with Crippen LogP contribution >= 0.6 is 15.9 Å². The first-order chi connectivity index (χ1) is 9.10. The molecule has 1 aromatic carbocycles. The predicted molar refractivity (Wildman–Crippen MR) is 75.7 cm³/mol. The van der Waals surface area contributed by atoms with Crippen molar-refractivity contribution in [3.8, 4) is 0 Å². The maximum atomic E-state index is 12.6. The highest BCUT2D eigenvalue weighted by Crippen LogP contribution is 2.29. The van der Waals surface area contributed by atoms with Gasteiger partial charge >= 0.3 is 0 Å². The Hall–Kier alpha value is -1.66. The van der Waals surface area contributed by atoms with Crippen molar-refractivity contribution in [2.45, 2.75) is 9.79 Å². The summed E-state index contributed by atoms with van der Waals surface area (Å²) in [7, 11) is -3.57. The third-order valence-corrected chi connectivity index (χ3v) is 5.27. The van der Waals surface area contributed by atoms with Gasteiger partial charge in [-0.3, -0.25) is 0 Å². The first-order valence-electron chi connectivity index (χ1n) is 5.52. The van der Waals surface area contributed by atoms with Crippen molar-refractivity contribution in [3.63, 3.8) is 0 Å². The number of aromatic nitrogens is 2. The highest BCUT2D eigenvalue weighted by atomic mass is 79.9. The van der Waals surface area contributed by atoms with E-state index in [1.54, 1.807) is 42.6 Å². The maximum Gasteiger partial charge on any atom is 0.210 e. The van der Waals surface area contributed by atoms with Crippen LogP contribution in [-0.2, 0) is 9.84 Å². The number of hydrogen-bond acceptors (Lipinski definition) is 3. The molecule has 0 radical (unpaired) electrons. The minimum atomic E-state index is -3.57. The van der Waals surface area contributed by atoms with E-state index in [0.717, 1.165) is 5.39 Å². The summed E-state index contributed by atoms with van der Waals surface area (Å²) in [5.41, 5.74) is 0.561. The van der Waals surface area contributed by atoms with E-state index in [1.807, 2.05) is 0 Å². The molecule has 96 valence electrons. The van der Waals surface area contributed by atoms with Crippen LogP contribution in [0.2, 0.25) is 0 Å². The standard InChI is InChI=1S/C13H9BrN2O2S/c14-13-10-6-7-15-12(10)11(8-16-13)19(17,18)9-4-2-1-3-5-9/h1-8,15H. The fourth-order valence-electron chi connectivity index (χ4n) is 1.92. The summed E-state index contributed by atoms with van der Waals surface area (Å²) in [6.45, 7) is 0. The smallest absolute Gasteiger partial charge is 0.210 e. The summed E-state index contributed by atoms with van der Waals surface area (Å²) in [5.74, 6) is 0. The lowest BCUT2D eigenvalue weighted by Crippen LogP contribution is -2.03. The summed E-state index contributed by atoms with van der Waals surface area (Å²) in [6.07, 6.45) is 3.06. The Bertz CT molecular complexity index is 841. The zero-order valence-electron chi connectivity index (χ0n) is 9.67. The minimum absolute atomic E-state index is 0.182. The molecule has 0 aliphatic carbocycles. The number of nitrogens with one attached hydrogen (secondary N) is 1. The molecule has 0 saturated carbocycles. The molecule has 0 spiro atoms. The molecule has 2 heterocycles. The van der Waals surface area contributed by atoms with Crippen LogP contribution in [-0.4, -0.2) is 18.4 Å². The van der Waals surface area contributed by atoms with Gasteiger partial charge in [0, 0.05) is 17.8 Å². The number of H-pyrrole nitrogens is 1. The van der Waals surface area contributed by atoms with Crippen molar-refractivity contribution >= 4 is 36.7 Å². The van der Waals surface area contributed by atoms with E-state index in [0.29, 0.717) is 10.1 Å². The van der Waals surface area contributed by atoms with E-state index in [4.69, 9.17) is 0 Å². The van der Waals surface area contributed by atoms with Gasteiger partial charge in [-0.05, 0) is 34.1 Å². The summed E-state index contributed by atoms with van der Waals surface area (Å²) in [4.78, 5) is 7.49. The molecule has 0 fully saturated rings. The van der Waals surface area contributed by atoms with Crippen molar-refractivity contribution in [2.75, 3.05) is 0 Å². The van der Waals surface area contributed by atoms with Crippen LogP contribution in [0.5, 0.6) is 0 Å². The Labute approximate surface area is 118 Å². The van der Waals surface area contributed by atoms with E-state index in [-0.39, 0.29) is 9.79 Å². The van der Waals surface area contributed by atoms with Crippen LogP contribution in [0.4, 0.5) is 0 Å². The maximum absolute atomic E-state index is 12.6. The second kappa shape index (κ2) is 4.47. The van der Waals surface area contributed by atoms with Crippen molar-refractivity contribution in [1.29, 1.82) is 0 Å². The van der Waals surface area contributed by atoms with Crippen molar-refractivity contribution in [2.24, 2.45) is 0 Å². The highest BCUT2D eigenvalue weighted by Gasteiger charge is 2.22. The lowest BCUT2D eigenvalue weighted by Gasteiger charge is -2.06. The number of fused-ring (bicyclic) bond motifs is 1. The summed E-state index contributed by atoms with van der Waals surface area (Å²) < 4.78 is 25.8. The van der Waals surface area contributed by atoms with Gasteiger partial charge in [-0.15, -0.1) is 0 Å². The molecule has 19 heavy (non-hydrogen) atoms. The van der Waals surface area contributed by atoms with Gasteiger partial charge in [-0.1, -0.05) is 18.2 Å². The quantitative estimate of drug-likeness (QED) is 0.731. The predicted octanol–water partition coefficient (Wildman–Crippen LogP) is 3.16. The normalized spacial score (nSPS) is 11.8. The Morgan fingerprint density at radius 1 is 1.11 bits per heavy atom. The fraction of sp³-hybridized carbons (Fsp3) is 0. The molecule has 0 aliphatic heterocycles. The first kappa shape index (κ1) is 12.4. The lowest BCUT2D eigenvalue weighted by molar-refractivity contribution is 0.596. The van der Waals surface area contributed by atoms with Gasteiger partial charge in [0.1, 0.15) is 9.50 Å². The van der Waals surface area contributed by atoms with Gasteiger partial charge in [0.15, 0.2) is 0 Å². The van der Waals surface area contributed by atoms with E-state index in [2.05, 4.69) is 25.9 Å². The molecule has 6 heteroatoms. The van der Waals surface area contributed by atoms with E-state index < -0.39 is 9.84 Å². The topological polar surface area (TPSA) is 62.8 Å². The third-order valence-electron chi connectivity index (χ3n) is 2.85.